The molecular weight excluding hydrogens is 222 g/mol. The smallest absolute Gasteiger partial charge is 0.411 e. The predicted molar refractivity (Wildman–Crippen MR) is 60.6 cm³/mol. The number of furan rings is 1. The van der Waals surface area contributed by atoms with E-state index >= 15 is 0 Å². The summed E-state index contributed by atoms with van der Waals surface area (Å²) in [5.74, 6) is 0.437. The lowest BCUT2D eigenvalue weighted by atomic mass is 9.89. The zero-order chi connectivity index (χ0) is 12.1. The molecule has 1 N–H and O–H groups in total. The normalized spacial score (nSPS) is 20.0. The minimum absolute atomic E-state index is 0.173. The molecule has 1 aromatic heterocycles. The molecule has 0 unspecified atom stereocenters. The molecule has 1 aliphatic rings. The van der Waals surface area contributed by atoms with Crippen molar-refractivity contribution < 1.29 is 18.7 Å². The number of hydrogen-bond donors (Lipinski definition) is 1. The molecule has 1 saturated carbocycles. The van der Waals surface area contributed by atoms with Crippen molar-refractivity contribution in [3.05, 3.63) is 18.6 Å². The van der Waals surface area contributed by atoms with Crippen LogP contribution in [0.3, 0.4) is 0 Å². The molecule has 1 aromatic rings. The number of ether oxygens (including phenoxy) is 1. The lowest BCUT2D eigenvalue weighted by molar-refractivity contribution is -0.121. The first kappa shape index (κ1) is 11.7. The van der Waals surface area contributed by atoms with Gasteiger partial charge in [0, 0.05) is 24.8 Å². The third-order valence-electron chi connectivity index (χ3n) is 2.80. The lowest BCUT2D eigenvalue weighted by Gasteiger charge is -2.20. The van der Waals surface area contributed by atoms with Gasteiger partial charge in [-0.3, -0.25) is 10.1 Å². The molecular formula is C12H15NO4. The summed E-state index contributed by atoms with van der Waals surface area (Å²) in [6.07, 6.45) is 5.42. The van der Waals surface area contributed by atoms with Gasteiger partial charge in [0.2, 0.25) is 0 Å². The summed E-state index contributed by atoms with van der Waals surface area (Å²) in [6.45, 7) is 0.301. The van der Waals surface area contributed by atoms with Crippen molar-refractivity contribution in [2.45, 2.75) is 25.7 Å². The summed E-state index contributed by atoms with van der Waals surface area (Å²) in [7, 11) is 0. The molecule has 17 heavy (non-hydrogen) atoms. The molecule has 0 spiro atoms. The van der Waals surface area contributed by atoms with Gasteiger partial charge in [0.15, 0.2) is 0 Å². The molecule has 0 aromatic carbocycles. The molecule has 1 atom stereocenters. The zero-order valence-corrected chi connectivity index (χ0v) is 9.48. The fourth-order valence-electron chi connectivity index (χ4n) is 1.94. The maximum absolute atomic E-state index is 11.4. The molecule has 5 heteroatoms. The summed E-state index contributed by atoms with van der Waals surface area (Å²) < 4.78 is 9.87. The Morgan fingerprint density at radius 2 is 2.47 bits per heavy atom. The second-order valence-corrected chi connectivity index (χ2v) is 4.24. The molecule has 0 aliphatic heterocycles. The van der Waals surface area contributed by atoms with Crippen LogP contribution in [0.4, 0.5) is 10.5 Å². The molecule has 0 bridgehead atoms. The van der Waals surface area contributed by atoms with E-state index in [2.05, 4.69) is 5.32 Å². The van der Waals surface area contributed by atoms with Crippen LogP contribution in [0.15, 0.2) is 23.0 Å². The Bertz CT molecular complexity index is 385. The topological polar surface area (TPSA) is 68.5 Å². The van der Waals surface area contributed by atoms with E-state index in [0.29, 0.717) is 25.1 Å². The highest BCUT2D eigenvalue weighted by molar-refractivity contribution is 5.84. The first-order valence-electron chi connectivity index (χ1n) is 5.71. The number of anilines is 1. The van der Waals surface area contributed by atoms with Crippen LogP contribution in [-0.4, -0.2) is 18.5 Å². The van der Waals surface area contributed by atoms with E-state index in [1.807, 2.05) is 0 Å². The molecule has 1 heterocycles. The Labute approximate surface area is 99.1 Å². The number of carbonyl (C=O) groups excluding carboxylic acids is 2. The highest BCUT2D eigenvalue weighted by atomic mass is 16.5. The van der Waals surface area contributed by atoms with E-state index in [0.717, 1.165) is 12.8 Å². The van der Waals surface area contributed by atoms with Gasteiger partial charge < -0.3 is 9.15 Å². The third kappa shape index (κ3) is 3.62. The molecule has 2 rings (SSSR count). The Kier molecular flexibility index (Phi) is 3.80. The number of hydrogen-bond acceptors (Lipinski definition) is 4. The molecule has 92 valence electrons. The van der Waals surface area contributed by atoms with Crippen LogP contribution in [0.1, 0.15) is 25.7 Å². The van der Waals surface area contributed by atoms with E-state index in [9.17, 15) is 9.59 Å². The largest absolute Gasteiger partial charge is 0.470 e. The molecule has 1 fully saturated rings. The van der Waals surface area contributed by atoms with Gasteiger partial charge in [0.25, 0.3) is 0 Å². The van der Waals surface area contributed by atoms with E-state index < -0.39 is 6.09 Å². The average Bonchev–Trinajstić information content (AvgIpc) is 2.79. The molecule has 0 saturated heterocycles. The molecule has 0 radical (unpaired) electrons. The van der Waals surface area contributed by atoms with Gasteiger partial charge in [0.1, 0.15) is 12.0 Å². The Morgan fingerprint density at radius 1 is 1.59 bits per heavy atom. The van der Waals surface area contributed by atoms with Gasteiger partial charge in [-0.15, -0.1) is 0 Å². The average molecular weight is 237 g/mol. The minimum atomic E-state index is -0.510. The van der Waals surface area contributed by atoms with Crippen LogP contribution >= 0.6 is 0 Å². The standard InChI is InChI=1S/C12H15NO4/c14-11-3-1-2-9(6-11)7-17-12(15)13-10-4-5-16-8-10/h4-5,8-9H,1-3,6-7H2,(H,13,15)/t9-/m0/s1. The first-order chi connectivity index (χ1) is 8.24. The predicted octanol–water partition coefficient (Wildman–Crippen LogP) is 2.59. The maximum Gasteiger partial charge on any atom is 0.411 e. The second-order valence-electron chi connectivity index (χ2n) is 4.24. The van der Waals surface area contributed by atoms with Gasteiger partial charge in [-0.1, -0.05) is 0 Å². The number of rotatable bonds is 3. The van der Waals surface area contributed by atoms with Crippen molar-refractivity contribution in [2.24, 2.45) is 5.92 Å². The van der Waals surface area contributed by atoms with E-state index in [-0.39, 0.29) is 11.7 Å². The second kappa shape index (κ2) is 5.52. The molecule has 1 aliphatic carbocycles. The summed E-state index contributed by atoms with van der Waals surface area (Å²) >= 11 is 0. The lowest BCUT2D eigenvalue weighted by Crippen LogP contribution is -2.23. The first-order valence-corrected chi connectivity index (χ1v) is 5.71. The van der Waals surface area contributed by atoms with Crippen LogP contribution in [-0.2, 0) is 9.53 Å². The van der Waals surface area contributed by atoms with Crippen molar-refractivity contribution in [1.29, 1.82) is 0 Å². The van der Waals surface area contributed by atoms with Gasteiger partial charge in [0.05, 0.1) is 18.6 Å². The number of amides is 1. The molecule has 5 nitrogen and oxygen atoms in total. The summed E-state index contributed by atoms with van der Waals surface area (Å²) in [5.41, 5.74) is 0.565. The van der Waals surface area contributed by atoms with Crippen molar-refractivity contribution >= 4 is 17.6 Å². The number of ketones is 1. The van der Waals surface area contributed by atoms with Crippen molar-refractivity contribution in [2.75, 3.05) is 11.9 Å². The third-order valence-corrected chi connectivity index (χ3v) is 2.80. The van der Waals surface area contributed by atoms with Crippen LogP contribution < -0.4 is 5.32 Å². The zero-order valence-electron chi connectivity index (χ0n) is 9.48. The highest BCUT2D eigenvalue weighted by Crippen LogP contribution is 2.21. The van der Waals surface area contributed by atoms with E-state index in [1.54, 1.807) is 6.07 Å². The SMILES string of the molecule is O=C1CCC[C@H](COC(=O)Nc2ccoc2)C1. The van der Waals surface area contributed by atoms with E-state index in [4.69, 9.17) is 9.15 Å². The number of Topliss-reactive ketones (excluding diaryl/α,β-unsaturated/α-hetero) is 1. The monoisotopic (exact) mass is 237 g/mol. The van der Waals surface area contributed by atoms with Crippen molar-refractivity contribution in [3.63, 3.8) is 0 Å². The fraction of sp³-hybridized carbons (Fsp3) is 0.500. The van der Waals surface area contributed by atoms with Crippen LogP contribution in [0.5, 0.6) is 0 Å². The van der Waals surface area contributed by atoms with Gasteiger partial charge in [-0.25, -0.2) is 4.79 Å². The Balaban J connectivity index is 1.70. The quantitative estimate of drug-likeness (QED) is 0.877. The van der Waals surface area contributed by atoms with Crippen molar-refractivity contribution in [3.8, 4) is 0 Å². The summed E-state index contributed by atoms with van der Waals surface area (Å²) in [4.78, 5) is 22.6. The fourth-order valence-corrected chi connectivity index (χ4v) is 1.94. The van der Waals surface area contributed by atoms with Gasteiger partial charge >= 0.3 is 6.09 Å². The number of nitrogens with one attached hydrogen (secondary N) is 1. The Morgan fingerprint density at radius 3 is 3.18 bits per heavy atom. The van der Waals surface area contributed by atoms with Crippen molar-refractivity contribution in [1.82, 2.24) is 0 Å². The van der Waals surface area contributed by atoms with Crippen LogP contribution in [0.25, 0.3) is 0 Å². The number of carbonyl (C=O) groups is 2. The Hall–Kier alpha value is -1.78. The van der Waals surface area contributed by atoms with Crippen LogP contribution in [0, 0.1) is 5.92 Å². The highest BCUT2D eigenvalue weighted by Gasteiger charge is 2.20. The molecule has 1 amide bonds. The van der Waals surface area contributed by atoms with Crippen LogP contribution in [0.2, 0.25) is 0 Å². The summed E-state index contributed by atoms with van der Waals surface area (Å²) in [5, 5.41) is 2.53. The van der Waals surface area contributed by atoms with Gasteiger partial charge in [-0.05, 0) is 12.8 Å². The van der Waals surface area contributed by atoms with E-state index in [1.165, 1.54) is 12.5 Å². The van der Waals surface area contributed by atoms with Gasteiger partial charge in [-0.2, -0.15) is 0 Å². The minimum Gasteiger partial charge on any atom is -0.470 e. The maximum atomic E-state index is 11.4. The summed E-state index contributed by atoms with van der Waals surface area (Å²) in [6, 6.07) is 1.63.